The van der Waals surface area contributed by atoms with Crippen molar-refractivity contribution >= 4 is 11.8 Å². The third-order valence-corrected chi connectivity index (χ3v) is 4.71. The van der Waals surface area contributed by atoms with Crippen LogP contribution in [0.1, 0.15) is 36.9 Å². The molecule has 2 aromatic rings. The van der Waals surface area contributed by atoms with E-state index < -0.39 is 0 Å². The van der Waals surface area contributed by atoms with E-state index in [0.717, 1.165) is 11.1 Å². The zero-order valence-corrected chi connectivity index (χ0v) is 14.4. The third-order valence-electron chi connectivity index (χ3n) is 4.71. The zero-order chi connectivity index (χ0) is 17.6. The van der Waals surface area contributed by atoms with Crippen molar-refractivity contribution in [3.05, 3.63) is 66.0 Å². The van der Waals surface area contributed by atoms with Crippen LogP contribution in [0.5, 0.6) is 0 Å². The van der Waals surface area contributed by atoms with Crippen LogP contribution in [0.4, 0.5) is 0 Å². The zero-order valence-electron chi connectivity index (χ0n) is 14.4. The van der Waals surface area contributed by atoms with Gasteiger partial charge in [0.05, 0.1) is 12.0 Å². The van der Waals surface area contributed by atoms with E-state index in [4.69, 9.17) is 0 Å². The van der Waals surface area contributed by atoms with Crippen LogP contribution >= 0.6 is 0 Å². The number of rotatable bonds is 5. The second-order valence-electron chi connectivity index (χ2n) is 6.26. The Morgan fingerprint density at radius 1 is 1.24 bits per heavy atom. The molecule has 2 heterocycles. The van der Waals surface area contributed by atoms with Gasteiger partial charge in [-0.3, -0.25) is 14.6 Å². The normalized spacial score (nSPS) is 20.4. The van der Waals surface area contributed by atoms with Crippen molar-refractivity contribution in [1.29, 1.82) is 0 Å². The fraction of sp³-hybridized carbons (Fsp3) is 0.350. The minimum absolute atomic E-state index is 0.0105. The lowest BCUT2D eigenvalue weighted by Crippen LogP contribution is -2.47. The minimum atomic E-state index is -0.239. The average Bonchev–Trinajstić information content (AvgIpc) is 2.67. The fourth-order valence-corrected chi connectivity index (χ4v) is 3.49. The molecule has 0 bridgehead atoms. The molecule has 1 fully saturated rings. The minimum Gasteiger partial charge on any atom is -0.352 e. The number of benzene rings is 1. The molecule has 1 aromatic carbocycles. The van der Waals surface area contributed by atoms with Gasteiger partial charge in [-0.1, -0.05) is 36.4 Å². The summed E-state index contributed by atoms with van der Waals surface area (Å²) in [6, 6.07) is 13.4. The standard InChI is InChI=1S/C20H23N3O2/c1-2-23-18(24)11-10-17(19(23)16-8-4-3-5-9-16)20(25)22-14-15-7-6-12-21-13-15/h3-9,12-13,17,19H,2,10-11,14H2,1H3,(H,22,25)/t17-,19+/m1/s1. The summed E-state index contributed by atoms with van der Waals surface area (Å²) in [4.78, 5) is 31.1. The molecule has 0 spiro atoms. The van der Waals surface area contributed by atoms with Crippen LogP contribution in [-0.4, -0.2) is 28.2 Å². The van der Waals surface area contributed by atoms with Crippen molar-refractivity contribution in [3.8, 4) is 0 Å². The molecule has 0 unspecified atom stereocenters. The van der Waals surface area contributed by atoms with Crippen LogP contribution in [0.25, 0.3) is 0 Å². The number of hydrogen-bond donors (Lipinski definition) is 1. The van der Waals surface area contributed by atoms with Crippen LogP contribution < -0.4 is 5.32 Å². The molecule has 0 aliphatic carbocycles. The Kier molecular flexibility index (Phi) is 5.43. The van der Waals surface area contributed by atoms with Crippen molar-refractivity contribution in [3.63, 3.8) is 0 Å². The largest absolute Gasteiger partial charge is 0.352 e. The van der Waals surface area contributed by atoms with E-state index in [1.165, 1.54) is 0 Å². The first-order valence-corrected chi connectivity index (χ1v) is 8.71. The molecule has 2 amide bonds. The number of amides is 2. The van der Waals surface area contributed by atoms with Crippen molar-refractivity contribution < 1.29 is 9.59 Å². The summed E-state index contributed by atoms with van der Waals surface area (Å²) in [6.45, 7) is 3.01. The second kappa shape index (κ2) is 7.92. The topological polar surface area (TPSA) is 62.3 Å². The summed E-state index contributed by atoms with van der Waals surface area (Å²) in [7, 11) is 0. The Labute approximate surface area is 148 Å². The average molecular weight is 337 g/mol. The van der Waals surface area contributed by atoms with Gasteiger partial charge in [0.2, 0.25) is 11.8 Å². The third kappa shape index (κ3) is 3.87. The molecular weight excluding hydrogens is 314 g/mol. The first-order chi connectivity index (χ1) is 12.2. The molecule has 5 nitrogen and oxygen atoms in total. The summed E-state index contributed by atoms with van der Waals surface area (Å²) < 4.78 is 0. The molecule has 2 atom stereocenters. The molecule has 1 aliphatic rings. The predicted molar refractivity (Wildman–Crippen MR) is 95.4 cm³/mol. The molecule has 25 heavy (non-hydrogen) atoms. The molecule has 0 radical (unpaired) electrons. The van der Waals surface area contributed by atoms with Gasteiger partial charge in [0, 0.05) is 31.9 Å². The number of nitrogens with zero attached hydrogens (tertiary/aromatic N) is 2. The highest BCUT2D eigenvalue weighted by Gasteiger charge is 2.39. The smallest absolute Gasteiger partial charge is 0.225 e. The number of likely N-dealkylation sites (tertiary alicyclic amines) is 1. The summed E-state index contributed by atoms with van der Waals surface area (Å²) >= 11 is 0. The lowest BCUT2D eigenvalue weighted by molar-refractivity contribution is -0.143. The summed E-state index contributed by atoms with van der Waals surface area (Å²) in [5.74, 6) is -0.131. The number of aromatic nitrogens is 1. The molecule has 130 valence electrons. The maximum absolute atomic E-state index is 12.9. The molecule has 5 heteroatoms. The van der Waals surface area contributed by atoms with Gasteiger partial charge in [0.15, 0.2) is 0 Å². The monoisotopic (exact) mass is 337 g/mol. The first-order valence-electron chi connectivity index (χ1n) is 8.71. The molecule has 1 N–H and O–H groups in total. The van der Waals surface area contributed by atoms with Gasteiger partial charge in [-0.15, -0.1) is 0 Å². The van der Waals surface area contributed by atoms with E-state index >= 15 is 0 Å². The van der Waals surface area contributed by atoms with Crippen molar-refractivity contribution in [2.24, 2.45) is 5.92 Å². The molecule has 1 aromatic heterocycles. The lowest BCUT2D eigenvalue weighted by atomic mass is 9.83. The number of pyridine rings is 1. The van der Waals surface area contributed by atoms with Gasteiger partial charge in [-0.2, -0.15) is 0 Å². The molecule has 3 rings (SSSR count). The highest BCUT2D eigenvalue weighted by molar-refractivity contribution is 5.85. The van der Waals surface area contributed by atoms with Gasteiger partial charge in [0.25, 0.3) is 0 Å². The van der Waals surface area contributed by atoms with Crippen molar-refractivity contribution in [2.75, 3.05) is 6.54 Å². The number of carbonyl (C=O) groups excluding carboxylic acids is 2. The van der Waals surface area contributed by atoms with E-state index in [1.54, 1.807) is 12.4 Å². The highest BCUT2D eigenvalue weighted by Crippen LogP contribution is 2.36. The Morgan fingerprint density at radius 3 is 2.72 bits per heavy atom. The summed E-state index contributed by atoms with van der Waals surface area (Å²) in [5.41, 5.74) is 1.98. The summed E-state index contributed by atoms with van der Waals surface area (Å²) in [5, 5.41) is 3.01. The van der Waals surface area contributed by atoms with E-state index in [0.29, 0.717) is 25.9 Å². The van der Waals surface area contributed by atoms with Gasteiger partial charge in [-0.05, 0) is 30.5 Å². The quantitative estimate of drug-likeness (QED) is 0.912. The number of nitrogens with one attached hydrogen (secondary N) is 1. The second-order valence-corrected chi connectivity index (χ2v) is 6.26. The van der Waals surface area contributed by atoms with Crippen LogP contribution in [0.15, 0.2) is 54.9 Å². The van der Waals surface area contributed by atoms with E-state index in [-0.39, 0.29) is 23.8 Å². The number of piperidine rings is 1. The lowest BCUT2D eigenvalue weighted by Gasteiger charge is -2.40. The maximum Gasteiger partial charge on any atom is 0.225 e. The molecular formula is C20H23N3O2. The molecule has 1 aliphatic heterocycles. The van der Waals surface area contributed by atoms with E-state index in [1.807, 2.05) is 54.3 Å². The van der Waals surface area contributed by atoms with E-state index in [9.17, 15) is 9.59 Å². The van der Waals surface area contributed by atoms with E-state index in [2.05, 4.69) is 10.3 Å². The van der Waals surface area contributed by atoms with Gasteiger partial charge in [-0.25, -0.2) is 0 Å². The Balaban J connectivity index is 1.79. The highest BCUT2D eigenvalue weighted by atomic mass is 16.2. The maximum atomic E-state index is 12.9. The van der Waals surface area contributed by atoms with Crippen molar-refractivity contribution in [1.82, 2.24) is 15.2 Å². The summed E-state index contributed by atoms with van der Waals surface area (Å²) in [6.07, 6.45) is 4.45. The Hall–Kier alpha value is -2.69. The van der Waals surface area contributed by atoms with Gasteiger partial charge in [0.1, 0.15) is 0 Å². The first kappa shape index (κ1) is 17.1. The van der Waals surface area contributed by atoms with Gasteiger partial charge >= 0.3 is 0 Å². The van der Waals surface area contributed by atoms with Crippen LogP contribution in [0.2, 0.25) is 0 Å². The van der Waals surface area contributed by atoms with Crippen molar-refractivity contribution in [2.45, 2.75) is 32.4 Å². The van der Waals surface area contributed by atoms with Crippen LogP contribution in [-0.2, 0) is 16.1 Å². The Morgan fingerprint density at radius 2 is 2.04 bits per heavy atom. The Bertz CT molecular complexity index is 718. The molecule has 0 saturated carbocycles. The van der Waals surface area contributed by atoms with Gasteiger partial charge < -0.3 is 10.2 Å². The fourth-order valence-electron chi connectivity index (χ4n) is 3.49. The molecule has 1 saturated heterocycles. The predicted octanol–water partition coefficient (Wildman–Crippen LogP) is 2.70. The van der Waals surface area contributed by atoms with Crippen LogP contribution in [0, 0.1) is 5.92 Å². The SMILES string of the molecule is CCN1C(=O)CC[C@@H](C(=O)NCc2cccnc2)[C@@H]1c1ccccc1. The number of carbonyl (C=O) groups is 2. The number of hydrogen-bond acceptors (Lipinski definition) is 3. The van der Waals surface area contributed by atoms with Crippen LogP contribution in [0.3, 0.4) is 0 Å².